The summed E-state index contributed by atoms with van der Waals surface area (Å²) in [7, 11) is 0. The van der Waals surface area contributed by atoms with Gasteiger partial charge in [0.05, 0.1) is 10.6 Å². The predicted octanol–water partition coefficient (Wildman–Crippen LogP) is 3.33. The van der Waals surface area contributed by atoms with Crippen molar-refractivity contribution in [3.8, 4) is 0 Å². The Bertz CT molecular complexity index is 514. The quantitative estimate of drug-likeness (QED) is 0.838. The summed E-state index contributed by atoms with van der Waals surface area (Å²) in [5.41, 5.74) is 6.40. The van der Waals surface area contributed by atoms with Gasteiger partial charge in [-0.3, -0.25) is 0 Å². The molecule has 2 N–H and O–H groups in total. The fraction of sp³-hybridized carbons (Fsp3) is 0.300. The largest absolute Gasteiger partial charge is 0.437 e. The number of aromatic nitrogens is 1. The van der Waals surface area contributed by atoms with Crippen molar-refractivity contribution in [2.75, 3.05) is 0 Å². The van der Waals surface area contributed by atoms with Crippen molar-refractivity contribution >= 4 is 34.3 Å². The Morgan fingerprint density at radius 3 is 2.60 bits per heavy atom. The van der Waals surface area contributed by atoms with Gasteiger partial charge in [-0.25, -0.2) is 4.98 Å². The van der Waals surface area contributed by atoms with E-state index < -0.39 is 5.54 Å². The number of hydrogen-bond donors (Lipinski definition) is 1. The molecule has 0 unspecified atom stereocenters. The van der Waals surface area contributed by atoms with Gasteiger partial charge in [-0.1, -0.05) is 23.2 Å². The maximum absolute atomic E-state index is 5.97. The Morgan fingerprint density at radius 1 is 1.33 bits per heavy atom. The molecule has 0 aliphatic rings. The second-order valence-corrected chi connectivity index (χ2v) is 4.82. The number of oxazole rings is 1. The van der Waals surface area contributed by atoms with Crippen molar-refractivity contribution < 1.29 is 4.42 Å². The van der Waals surface area contributed by atoms with Gasteiger partial charge < -0.3 is 10.2 Å². The summed E-state index contributed by atoms with van der Waals surface area (Å²) in [4.78, 5) is 4.25. The Hall–Kier alpha value is -0.770. The van der Waals surface area contributed by atoms with Crippen molar-refractivity contribution in [1.82, 2.24) is 4.98 Å². The fourth-order valence-corrected chi connectivity index (χ4v) is 1.76. The normalized spacial score (nSPS) is 12.3. The van der Waals surface area contributed by atoms with Crippen molar-refractivity contribution in [3.05, 3.63) is 28.1 Å². The van der Waals surface area contributed by atoms with E-state index in [9.17, 15) is 0 Å². The van der Waals surface area contributed by atoms with Gasteiger partial charge in [0.1, 0.15) is 5.52 Å². The first-order valence-corrected chi connectivity index (χ1v) is 5.18. The average Bonchev–Trinajstić information content (AvgIpc) is 2.46. The standard InChI is InChI=1S/C10H10Cl2N2O/c1-10(2,13)9-14-7-4-5(11)3-6(12)8(7)15-9/h3-4H,13H2,1-2H3. The molecule has 0 radical (unpaired) electrons. The van der Waals surface area contributed by atoms with Crippen LogP contribution in [0.3, 0.4) is 0 Å². The van der Waals surface area contributed by atoms with Gasteiger partial charge in [0.15, 0.2) is 5.58 Å². The Labute approximate surface area is 97.2 Å². The molecular formula is C10H10Cl2N2O. The van der Waals surface area contributed by atoms with Crippen LogP contribution in [0.5, 0.6) is 0 Å². The molecule has 1 aromatic carbocycles. The molecule has 15 heavy (non-hydrogen) atoms. The fourth-order valence-electron chi connectivity index (χ4n) is 1.24. The smallest absolute Gasteiger partial charge is 0.215 e. The number of benzene rings is 1. The molecule has 0 aliphatic carbocycles. The van der Waals surface area contributed by atoms with E-state index in [1.54, 1.807) is 12.1 Å². The molecule has 0 spiro atoms. The Balaban J connectivity index is 2.71. The molecule has 0 saturated heterocycles. The summed E-state index contributed by atoms with van der Waals surface area (Å²) >= 11 is 11.8. The van der Waals surface area contributed by atoms with Crippen molar-refractivity contribution in [2.24, 2.45) is 5.73 Å². The lowest BCUT2D eigenvalue weighted by molar-refractivity contribution is 0.394. The minimum Gasteiger partial charge on any atom is -0.437 e. The molecule has 80 valence electrons. The third-order valence-electron chi connectivity index (χ3n) is 1.96. The van der Waals surface area contributed by atoms with Crippen LogP contribution >= 0.6 is 23.2 Å². The summed E-state index contributed by atoms with van der Waals surface area (Å²) in [6.45, 7) is 3.63. The highest BCUT2D eigenvalue weighted by Crippen LogP contribution is 2.30. The van der Waals surface area contributed by atoms with Crippen LogP contribution in [0.25, 0.3) is 11.1 Å². The number of nitrogens with zero attached hydrogens (tertiary/aromatic N) is 1. The van der Waals surface area contributed by atoms with Gasteiger partial charge >= 0.3 is 0 Å². The zero-order valence-corrected chi connectivity index (χ0v) is 9.86. The molecule has 1 heterocycles. The second-order valence-electron chi connectivity index (χ2n) is 3.98. The summed E-state index contributed by atoms with van der Waals surface area (Å²) in [5.74, 6) is 0.446. The van der Waals surface area contributed by atoms with Crippen molar-refractivity contribution in [3.63, 3.8) is 0 Å². The molecule has 5 heteroatoms. The maximum atomic E-state index is 5.97. The minimum atomic E-state index is -0.630. The molecule has 0 amide bonds. The monoisotopic (exact) mass is 244 g/mol. The number of fused-ring (bicyclic) bond motifs is 1. The second kappa shape index (κ2) is 3.37. The first kappa shape index (κ1) is 10.7. The maximum Gasteiger partial charge on any atom is 0.215 e. The number of rotatable bonds is 1. The SMILES string of the molecule is CC(C)(N)c1nc2cc(Cl)cc(Cl)c2o1. The van der Waals surface area contributed by atoms with Crippen LogP contribution in [0, 0.1) is 0 Å². The molecule has 0 fully saturated rings. The van der Waals surface area contributed by atoms with Crippen molar-refractivity contribution in [2.45, 2.75) is 19.4 Å². The summed E-state index contributed by atoms with van der Waals surface area (Å²) in [6.07, 6.45) is 0. The van der Waals surface area contributed by atoms with Gasteiger partial charge in [-0.05, 0) is 26.0 Å². The van der Waals surface area contributed by atoms with E-state index in [0.29, 0.717) is 27.0 Å². The molecular weight excluding hydrogens is 235 g/mol. The minimum absolute atomic E-state index is 0.445. The highest BCUT2D eigenvalue weighted by Gasteiger charge is 2.22. The van der Waals surface area contributed by atoms with Crippen LogP contribution in [0.4, 0.5) is 0 Å². The molecule has 0 bridgehead atoms. The van der Waals surface area contributed by atoms with E-state index in [1.165, 1.54) is 0 Å². The lowest BCUT2D eigenvalue weighted by atomic mass is 10.1. The average molecular weight is 245 g/mol. The third-order valence-corrected chi connectivity index (χ3v) is 2.46. The van der Waals surface area contributed by atoms with Gasteiger partial charge in [0.25, 0.3) is 0 Å². The lowest BCUT2D eigenvalue weighted by Crippen LogP contribution is -2.28. The van der Waals surface area contributed by atoms with Crippen LogP contribution in [0.2, 0.25) is 10.0 Å². The zero-order chi connectivity index (χ0) is 11.2. The summed E-state index contributed by atoms with van der Waals surface area (Å²) in [5, 5.41) is 0.975. The molecule has 2 aromatic rings. The van der Waals surface area contributed by atoms with Gasteiger partial charge in [-0.15, -0.1) is 0 Å². The van der Waals surface area contributed by atoms with E-state index in [1.807, 2.05) is 13.8 Å². The van der Waals surface area contributed by atoms with Crippen LogP contribution in [-0.4, -0.2) is 4.98 Å². The Kier molecular flexibility index (Phi) is 2.41. The molecule has 2 rings (SSSR count). The molecule has 0 aliphatic heterocycles. The van der Waals surface area contributed by atoms with E-state index in [0.717, 1.165) is 0 Å². The van der Waals surface area contributed by atoms with Gasteiger partial charge in [0.2, 0.25) is 5.89 Å². The van der Waals surface area contributed by atoms with E-state index >= 15 is 0 Å². The highest BCUT2D eigenvalue weighted by molar-refractivity contribution is 6.37. The highest BCUT2D eigenvalue weighted by atomic mass is 35.5. The van der Waals surface area contributed by atoms with Crippen LogP contribution in [-0.2, 0) is 5.54 Å². The molecule has 3 nitrogen and oxygen atoms in total. The topological polar surface area (TPSA) is 52.0 Å². The molecule has 1 aromatic heterocycles. The van der Waals surface area contributed by atoms with Gasteiger partial charge in [0, 0.05) is 5.02 Å². The van der Waals surface area contributed by atoms with Crippen molar-refractivity contribution in [1.29, 1.82) is 0 Å². The lowest BCUT2D eigenvalue weighted by Gasteiger charge is -2.12. The first-order valence-electron chi connectivity index (χ1n) is 4.43. The number of halogens is 2. The van der Waals surface area contributed by atoms with E-state index in [-0.39, 0.29) is 0 Å². The first-order chi connectivity index (χ1) is 6.88. The number of nitrogens with two attached hydrogens (primary N) is 1. The van der Waals surface area contributed by atoms with E-state index in [4.69, 9.17) is 33.4 Å². The summed E-state index contributed by atoms with van der Waals surface area (Å²) in [6, 6.07) is 3.31. The predicted molar refractivity (Wildman–Crippen MR) is 61.2 cm³/mol. The molecule has 0 saturated carbocycles. The van der Waals surface area contributed by atoms with E-state index in [2.05, 4.69) is 4.98 Å². The van der Waals surface area contributed by atoms with Crippen LogP contribution < -0.4 is 5.73 Å². The third kappa shape index (κ3) is 1.95. The number of hydrogen-bond acceptors (Lipinski definition) is 3. The van der Waals surface area contributed by atoms with Gasteiger partial charge in [-0.2, -0.15) is 0 Å². The summed E-state index contributed by atoms with van der Waals surface area (Å²) < 4.78 is 5.49. The zero-order valence-electron chi connectivity index (χ0n) is 8.34. The molecule has 0 atom stereocenters. The van der Waals surface area contributed by atoms with Crippen LogP contribution in [0.15, 0.2) is 16.5 Å². The Morgan fingerprint density at radius 2 is 2.00 bits per heavy atom. The van der Waals surface area contributed by atoms with Crippen LogP contribution in [0.1, 0.15) is 19.7 Å².